The molecule has 1 saturated carbocycles. The molecule has 4 nitrogen and oxygen atoms in total. The fourth-order valence-corrected chi connectivity index (χ4v) is 4.00. The number of nitrogens with one attached hydrogen (secondary N) is 1. The van der Waals surface area contributed by atoms with Crippen LogP contribution in [0.25, 0.3) is 0 Å². The summed E-state index contributed by atoms with van der Waals surface area (Å²) < 4.78 is 0. The van der Waals surface area contributed by atoms with Crippen molar-refractivity contribution in [3.8, 4) is 0 Å². The smallest absolute Gasteiger partial charge is 0.239 e. The zero-order valence-electron chi connectivity index (χ0n) is 15.1. The van der Waals surface area contributed by atoms with Gasteiger partial charge in [0, 0.05) is 19.7 Å². The maximum atomic E-state index is 12.9. The van der Waals surface area contributed by atoms with E-state index in [0.717, 1.165) is 44.8 Å². The van der Waals surface area contributed by atoms with E-state index in [-0.39, 0.29) is 18.6 Å². The number of nitrogens with zero attached hydrogens (tertiary/aromatic N) is 1. The average molecular weight is 325 g/mol. The first-order valence-corrected chi connectivity index (χ1v) is 9.73. The third kappa shape index (κ3) is 6.07. The molecular weight excluding hydrogens is 288 g/mol. The van der Waals surface area contributed by atoms with Gasteiger partial charge in [-0.05, 0) is 56.4 Å². The minimum Gasteiger partial charge on any atom is -0.396 e. The molecule has 0 aromatic heterocycles. The summed E-state index contributed by atoms with van der Waals surface area (Å²) in [6, 6.07) is -0.0254. The molecule has 2 rings (SSSR count). The molecule has 1 unspecified atom stereocenters. The average Bonchev–Trinajstić information content (AvgIpc) is 2.58. The monoisotopic (exact) mass is 324 g/mol. The van der Waals surface area contributed by atoms with Crippen molar-refractivity contribution < 1.29 is 9.90 Å². The number of carbonyl (C=O) groups is 1. The number of piperidine rings is 1. The summed E-state index contributed by atoms with van der Waals surface area (Å²) in [6.45, 7) is 7.27. The summed E-state index contributed by atoms with van der Waals surface area (Å²) in [5.41, 5.74) is 0. The van der Waals surface area contributed by atoms with Gasteiger partial charge in [-0.25, -0.2) is 0 Å². The van der Waals surface area contributed by atoms with Gasteiger partial charge in [0.1, 0.15) is 0 Å². The standard InChI is InChI=1S/C19H36N2O2/c1-15(2)12-18(20-13-16-6-4-3-5-7-16)19(23)21-10-8-17(14-22)9-11-21/h15-18,20,22H,3-14H2,1-2H3. The van der Waals surface area contributed by atoms with Gasteiger partial charge in [0.15, 0.2) is 0 Å². The van der Waals surface area contributed by atoms with E-state index in [4.69, 9.17) is 0 Å². The molecule has 0 aromatic rings. The second-order valence-corrected chi connectivity index (χ2v) is 8.05. The van der Waals surface area contributed by atoms with E-state index >= 15 is 0 Å². The van der Waals surface area contributed by atoms with Crippen LogP contribution >= 0.6 is 0 Å². The van der Waals surface area contributed by atoms with Gasteiger partial charge >= 0.3 is 0 Å². The molecule has 2 fully saturated rings. The number of likely N-dealkylation sites (tertiary alicyclic amines) is 1. The van der Waals surface area contributed by atoms with Crippen LogP contribution in [-0.2, 0) is 4.79 Å². The zero-order valence-corrected chi connectivity index (χ0v) is 15.1. The molecule has 2 aliphatic rings. The molecule has 2 N–H and O–H groups in total. The minimum absolute atomic E-state index is 0.0254. The first kappa shape index (κ1) is 18.7. The fraction of sp³-hybridized carbons (Fsp3) is 0.947. The van der Waals surface area contributed by atoms with Crippen molar-refractivity contribution in [2.45, 2.75) is 71.3 Å². The van der Waals surface area contributed by atoms with Crippen molar-refractivity contribution in [3.63, 3.8) is 0 Å². The Bertz CT molecular complexity index is 345. The van der Waals surface area contributed by atoms with Gasteiger partial charge in [-0.15, -0.1) is 0 Å². The highest BCUT2D eigenvalue weighted by Gasteiger charge is 2.29. The predicted octanol–water partition coefficient (Wildman–Crippen LogP) is 2.80. The van der Waals surface area contributed by atoms with Crippen LogP contribution in [0.3, 0.4) is 0 Å². The molecule has 4 heteroatoms. The molecule has 0 spiro atoms. The van der Waals surface area contributed by atoms with Crippen LogP contribution in [0.15, 0.2) is 0 Å². The Labute approximate surface area is 142 Å². The lowest BCUT2D eigenvalue weighted by Crippen LogP contribution is -2.50. The number of carbonyl (C=O) groups excluding carboxylic acids is 1. The fourth-order valence-electron chi connectivity index (χ4n) is 4.00. The lowest BCUT2D eigenvalue weighted by atomic mass is 9.89. The van der Waals surface area contributed by atoms with Gasteiger partial charge in [-0.3, -0.25) is 4.79 Å². The molecule has 1 aliphatic heterocycles. The van der Waals surface area contributed by atoms with Crippen molar-refractivity contribution >= 4 is 5.91 Å². The number of amides is 1. The predicted molar refractivity (Wildman–Crippen MR) is 94.2 cm³/mol. The number of rotatable bonds is 7. The molecule has 1 heterocycles. The Kier molecular flexibility index (Phi) is 7.84. The summed E-state index contributed by atoms with van der Waals surface area (Å²) in [5, 5.41) is 12.9. The first-order valence-electron chi connectivity index (χ1n) is 9.73. The van der Waals surface area contributed by atoms with E-state index in [1.54, 1.807) is 0 Å². The molecule has 134 valence electrons. The van der Waals surface area contributed by atoms with Gasteiger partial charge < -0.3 is 15.3 Å². The first-order chi connectivity index (χ1) is 11.1. The Morgan fingerprint density at radius 3 is 2.30 bits per heavy atom. The SMILES string of the molecule is CC(C)CC(NCC1CCCCC1)C(=O)N1CCC(CO)CC1. The Morgan fingerprint density at radius 1 is 1.09 bits per heavy atom. The van der Waals surface area contributed by atoms with Crippen LogP contribution in [0.1, 0.15) is 65.2 Å². The molecule has 0 bridgehead atoms. The van der Waals surface area contributed by atoms with Gasteiger partial charge in [0.25, 0.3) is 0 Å². The molecule has 1 aliphatic carbocycles. The third-order valence-corrected chi connectivity index (χ3v) is 5.57. The highest BCUT2D eigenvalue weighted by Crippen LogP contribution is 2.23. The summed E-state index contributed by atoms with van der Waals surface area (Å²) >= 11 is 0. The number of hydrogen-bond donors (Lipinski definition) is 2. The van der Waals surface area contributed by atoms with Crippen molar-refractivity contribution in [1.29, 1.82) is 0 Å². The Morgan fingerprint density at radius 2 is 1.74 bits per heavy atom. The van der Waals surface area contributed by atoms with Crippen molar-refractivity contribution in [3.05, 3.63) is 0 Å². The van der Waals surface area contributed by atoms with Gasteiger partial charge in [-0.1, -0.05) is 33.1 Å². The Hall–Kier alpha value is -0.610. The van der Waals surface area contributed by atoms with Gasteiger partial charge in [-0.2, -0.15) is 0 Å². The molecule has 1 amide bonds. The second-order valence-electron chi connectivity index (χ2n) is 8.05. The van der Waals surface area contributed by atoms with Crippen molar-refractivity contribution in [1.82, 2.24) is 10.2 Å². The normalized spacial score (nSPS) is 22.5. The molecule has 0 radical (unpaired) electrons. The summed E-state index contributed by atoms with van der Waals surface area (Å²) in [7, 11) is 0. The summed E-state index contributed by atoms with van der Waals surface area (Å²) in [6.07, 6.45) is 9.53. The molecule has 23 heavy (non-hydrogen) atoms. The Balaban J connectivity index is 1.84. The lowest BCUT2D eigenvalue weighted by Gasteiger charge is -2.35. The maximum absolute atomic E-state index is 12.9. The van der Waals surface area contributed by atoms with Gasteiger partial charge in [0.05, 0.1) is 6.04 Å². The van der Waals surface area contributed by atoms with Crippen molar-refractivity contribution in [2.75, 3.05) is 26.2 Å². The van der Waals surface area contributed by atoms with Crippen LogP contribution in [0.5, 0.6) is 0 Å². The van der Waals surface area contributed by atoms with E-state index < -0.39 is 0 Å². The number of hydrogen-bond acceptors (Lipinski definition) is 3. The van der Waals surface area contributed by atoms with E-state index in [1.807, 2.05) is 4.90 Å². The van der Waals surface area contributed by atoms with Crippen LogP contribution < -0.4 is 5.32 Å². The quantitative estimate of drug-likeness (QED) is 0.757. The van der Waals surface area contributed by atoms with Crippen LogP contribution in [0.2, 0.25) is 0 Å². The number of aliphatic hydroxyl groups is 1. The van der Waals surface area contributed by atoms with Crippen LogP contribution in [0, 0.1) is 17.8 Å². The third-order valence-electron chi connectivity index (χ3n) is 5.57. The molecule has 1 saturated heterocycles. The second kappa shape index (κ2) is 9.63. The topological polar surface area (TPSA) is 52.6 Å². The van der Waals surface area contributed by atoms with E-state index in [0.29, 0.717) is 11.8 Å². The van der Waals surface area contributed by atoms with Crippen LogP contribution in [-0.4, -0.2) is 48.2 Å². The number of aliphatic hydroxyl groups excluding tert-OH is 1. The minimum atomic E-state index is -0.0254. The molecule has 0 aromatic carbocycles. The molecular formula is C19H36N2O2. The zero-order chi connectivity index (χ0) is 16.7. The van der Waals surface area contributed by atoms with E-state index in [9.17, 15) is 9.90 Å². The highest BCUT2D eigenvalue weighted by molar-refractivity contribution is 5.82. The van der Waals surface area contributed by atoms with Crippen molar-refractivity contribution in [2.24, 2.45) is 17.8 Å². The largest absolute Gasteiger partial charge is 0.396 e. The van der Waals surface area contributed by atoms with Crippen LogP contribution in [0.4, 0.5) is 0 Å². The lowest BCUT2D eigenvalue weighted by molar-refractivity contribution is -0.135. The summed E-state index contributed by atoms with van der Waals surface area (Å²) in [4.78, 5) is 14.9. The van der Waals surface area contributed by atoms with Gasteiger partial charge in [0.2, 0.25) is 5.91 Å². The van der Waals surface area contributed by atoms with E-state index in [1.165, 1.54) is 32.1 Å². The highest BCUT2D eigenvalue weighted by atomic mass is 16.3. The summed E-state index contributed by atoms with van der Waals surface area (Å²) in [5.74, 6) is 1.95. The van der Waals surface area contributed by atoms with E-state index in [2.05, 4.69) is 19.2 Å². The molecule has 1 atom stereocenters. The maximum Gasteiger partial charge on any atom is 0.239 e.